The molecule has 5 aliphatic rings. The van der Waals surface area contributed by atoms with Gasteiger partial charge in [-0.15, -0.1) is 0 Å². The lowest BCUT2D eigenvalue weighted by atomic mass is 10.1. The van der Waals surface area contributed by atoms with E-state index >= 15 is 0 Å². The predicted octanol–water partition coefficient (Wildman–Crippen LogP) is 3.00. The third-order valence-corrected chi connectivity index (χ3v) is 8.44. The molecular weight excluding hydrogens is 394 g/mol. The smallest absolute Gasteiger partial charge is 0.136 e. The van der Waals surface area contributed by atoms with Gasteiger partial charge < -0.3 is 4.74 Å². The van der Waals surface area contributed by atoms with Crippen LogP contribution in [0.1, 0.15) is 25.7 Å². The molecule has 1 aliphatic heterocycles. The molecule has 4 saturated carbocycles. The molecular formula is C21H36NO4S2+. The summed E-state index contributed by atoms with van der Waals surface area (Å²) >= 11 is 3.76. The molecule has 5 nitrogen and oxygen atoms in total. The largest absolute Gasteiger partial charge is 0.370 e. The number of hydrogen-bond acceptors (Lipinski definition) is 6. The molecule has 160 valence electrons. The van der Waals surface area contributed by atoms with E-state index in [1.807, 2.05) is 23.5 Å². The Morgan fingerprint density at radius 2 is 1.36 bits per heavy atom. The lowest BCUT2D eigenvalue weighted by Gasteiger charge is -2.28. The molecule has 7 heteroatoms. The molecule has 0 amide bonds. The lowest BCUT2D eigenvalue weighted by molar-refractivity contribution is -1.09. The van der Waals surface area contributed by atoms with Crippen LogP contribution < -0.4 is 0 Å². The van der Waals surface area contributed by atoms with Crippen LogP contribution in [0.25, 0.3) is 0 Å². The van der Waals surface area contributed by atoms with Crippen LogP contribution in [-0.4, -0.2) is 78.8 Å². The van der Waals surface area contributed by atoms with Crippen molar-refractivity contribution in [2.45, 2.75) is 25.7 Å². The summed E-state index contributed by atoms with van der Waals surface area (Å²) in [4.78, 5) is 22.2. The highest BCUT2D eigenvalue weighted by atomic mass is 32.2. The molecule has 0 unspecified atom stereocenters. The third-order valence-electron chi connectivity index (χ3n) is 7.01. The van der Waals surface area contributed by atoms with Crippen molar-refractivity contribution in [2.24, 2.45) is 35.5 Å². The quantitative estimate of drug-likeness (QED) is 0.692. The van der Waals surface area contributed by atoms with Crippen molar-refractivity contribution in [1.29, 1.82) is 0 Å². The van der Waals surface area contributed by atoms with Crippen LogP contribution in [-0.2, 0) is 14.3 Å². The fourth-order valence-electron chi connectivity index (χ4n) is 5.16. The number of thioether (sulfide) groups is 2. The van der Waals surface area contributed by atoms with E-state index in [9.17, 15) is 14.8 Å². The molecule has 0 aromatic heterocycles. The van der Waals surface area contributed by atoms with Crippen molar-refractivity contribution in [2.75, 3.05) is 57.4 Å². The first-order chi connectivity index (χ1) is 13.4. The zero-order chi connectivity index (χ0) is 20.3. The second-order valence-corrected chi connectivity index (χ2v) is 10.8. The number of morpholine rings is 1. The maximum absolute atomic E-state index is 11.1. The van der Waals surface area contributed by atoms with Crippen LogP contribution in [0.15, 0.2) is 0 Å². The molecule has 1 saturated heterocycles. The molecule has 1 N–H and O–H groups in total. The van der Waals surface area contributed by atoms with E-state index in [0.29, 0.717) is 36.6 Å². The van der Waals surface area contributed by atoms with Crippen LogP contribution in [0.4, 0.5) is 0 Å². The number of nitrogens with zero attached hydrogens (tertiary/aromatic N) is 1. The van der Waals surface area contributed by atoms with Crippen LogP contribution in [0.5, 0.6) is 0 Å². The van der Waals surface area contributed by atoms with Crippen LogP contribution >= 0.6 is 23.5 Å². The van der Waals surface area contributed by atoms with E-state index in [4.69, 9.17) is 4.74 Å². The van der Waals surface area contributed by atoms with Gasteiger partial charge in [0.05, 0.1) is 20.3 Å². The summed E-state index contributed by atoms with van der Waals surface area (Å²) in [6.45, 7) is 2.82. The molecule has 0 spiro atoms. The highest BCUT2D eigenvalue weighted by Gasteiger charge is 2.57. The van der Waals surface area contributed by atoms with Gasteiger partial charge in [0.2, 0.25) is 0 Å². The second-order valence-electron chi connectivity index (χ2n) is 9.03. The van der Waals surface area contributed by atoms with Gasteiger partial charge in [0.15, 0.2) is 0 Å². The van der Waals surface area contributed by atoms with Crippen LogP contribution in [0, 0.1) is 35.5 Å². The van der Waals surface area contributed by atoms with Crippen molar-refractivity contribution in [1.82, 2.24) is 0 Å². The summed E-state index contributed by atoms with van der Waals surface area (Å²) in [5.74, 6) is 7.68. The monoisotopic (exact) mass is 430 g/mol. The van der Waals surface area contributed by atoms with Crippen molar-refractivity contribution in [3.8, 4) is 0 Å². The van der Waals surface area contributed by atoms with Gasteiger partial charge in [-0.25, -0.2) is 5.21 Å². The van der Waals surface area contributed by atoms with Gasteiger partial charge in [-0.05, 0) is 60.5 Å². The third kappa shape index (κ3) is 5.54. The Balaban J connectivity index is 0.000000122. The van der Waals surface area contributed by atoms with Gasteiger partial charge in [-0.1, -0.05) is 0 Å². The minimum Gasteiger partial charge on any atom is -0.370 e. The topological polar surface area (TPSA) is 63.6 Å². The summed E-state index contributed by atoms with van der Waals surface area (Å²) in [7, 11) is 1.79. The zero-order valence-corrected chi connectivity index (χ0v) is 19.1. The maximum Gasteiger partial charge on any atom is 0.136 e. The van der Waals surface area contributed by atoms with Gasteiger partial charge >= 0.3 is 0 Å². The number of carbonyl (C=O) groups is 2. The van der Waals surface area contributed by atoms with Crippen molar-refractivity contribution < 1.29 is 24.2 Å². The summed E-state index contributed by atoms with van der Waals surface area (Å²) in [5, 5.41) is 9.23. The summed E-state index contributed by atoms with van der Waals surface area (Å²) < 4.78 is 5.15. The molecule has 0 aromatic rings. The van der Waals surface area contributed by atoms with Crippen molar-refractivity contribution in [3.05, 3.63) is 0 Å². The standard InChI is InChI=1S/2C8H12OS.C5H12NO2/c2*1-10-4-6-5-2-3-7(9)8(5)6;1-6(7)2-4-8-5-3-6/h2*5-6,8H,2-4H2,1H3;7H,2-5H2,1H3/q;;+1/t2*5-,6-,8-;/m00./s1. The molecule has 5 fully saturated rings. The number of carbonyl (C=O) groups excluding carboxylic acids is 2. The van der Waals surface area contributed by atoms with E-state index in [1.165, 1.54) is 24.3 Å². The zero-order valence-electron chi connectivity index (χ0n) is 17.5. The number of ketones is 2. The van der Waals surface area contributed by atoms with Crippen LogP contribution in [0.3, 0.4) is 0 Å². The van der Waals surface area contributed by atoms with Crippen molar-refractivity contribution in [3.63, 3.8) is 0 Å². The minimum atomic E-state index is 0.125. The average Bonchev–Trinajstić information content (AvgIpc) is 3.42. The van der Waals surface area contributed by atoms with E-state index < -0.39 is 0 Å². The van der Waals surface area contributed by atoms with Crippen molar-refractivity contribution >= 4 is 35.1 Å². The number of rotatable bonds is 4. The fraction of sp³-hybridized carbons (Fsp3) is 0.905. The average molecular weight is 431 g/mol. The number of hydrogen-bond donors (Lipinski definition) is 1. The first-order valence-corrected chi connectivity index (χ1v) is 13.4. The molecule has 0 radical (unpaired) electrons. The van der Waals surface area contributed by atoms with Gasteiger partial charge in [-0.2, -0.15) is 28.2 Å². The van der Waals surface area contributed by atoms with Gasteiger partial charge in [0.1, 0.15) is 24.7 Å². The van der Waals surface area contributed by atoms with Gasteiger partial charge in [0, 0.05) is 24.7 Å². The van der Waals surface area contributed by atoms with Gasteiger partial charge in [-0.3, -0.25) is 9.59 Å². The van der Waals surface area contributed by atoms with E-state index in [1.54, 1.807) is 7.05 Å². The molecule has 1 heterocycles. The molecule has 6 atom stereocenters. The normalized spacial score (nSPS) is 39.1. The molecule has 28 heavy (non-hydrogen) atoms. The summed E-state index contributed by atoms with van der Waals surface area (Å²) in [6.07, 6.45) is 8.38. The van der Waals surface area contributed by atoms with Gasteiger partial charge in [0.25, 0.3) is 0 Å². The number of hydroxylamine groups is 3. The predicted molar refractivity (Wildman–Crippen MR) is 115 cm³/mol. The minimum absolute atomic E-state index is 0.125. The number of likely N-dealkylation sites (N-methyl/N-ethyl adjacent to an activating group) is 1. The van der Waals surface area contributed by atoms with E-state index in [-0.39, 0.29) is 4.65 Å². The first kappa shape index (κ1) is 22.6. The highest BCUT2D eigenvalue weighted by Crippen LogP contribution is 2.57. The second kappa shape index (κ2) is 9.82. The number of ether oxygens (including phenoxy) is 1. The molecule has 0 aromatic carbocycles. The Bertz CT molecular complexity index is 525. The Morgan fingerprint density at radius 1 is 0.929 bits per heavy atom. The number of fused-ring (bicyclic) bond motifs is 2. The SMILES string of the molecule is CSC[C@H]1[C@@H]2CCC(=O)[C@@H]21.CSC[C@H]1[C@@H]2CCC(=O)[C@@H]21.C[N+]1(O)CCOCC1. The summed E-state index contributed by atoms with van der Waals surface area (Å²) in [5.41, 5.74) is 0. The lowest BCUT2D eigenvalue weighted by Crippen LogP contribution is -2.48. The Morgan fingerprint density at radius 3 is 1.61 bits per heavy atom. The first-order valence-electron chi connectivity index (χ1n) is 10.6. The summed E-state index contributed by atoms with van der Waals surface area (Å²) in [6, 6.07) is 0. The number of Topliss-reactive ketones (excluding diaryl/α,β-unsaturated/α-hetero) is 2. The van der Waals surface area contributed by atoms with Crippen LogP contribution in [0.2, 0.25) is 0 Å². The molecule has 0 bridgehead atoms. The van der Waals surface area contributed by atoms with E-state index in [0.717, 1.165) is 49.6 Å². The Labute approximate surface area is 177 Å². The van der Waals surface area contributed by atoms with E-state index in [2.05, 4.69) is 12.5 Å². The molecule has 4 aliphatic carbocycles. The molecule has 5 rings (SSSR count). The fourth-order valence-corrected chi connectivity index (χ4v) is 6.84. The highest BCUT2D eigenvalue weighted by molar-refractivity contribution is 7.98. The maximum atomic E-state index is 11.1. The Kier molecular flexibility index (Phi) is 7.93. The number of quaternary nitrogens is 1. The Hall–Kier alpha value is -0.0800.